The van der Waals surface area contributed by atoms with Gasteiger partial charge in [-0.15, -0.1) is 0 Å². The number of rotatable bonds is 4. The Morgan fingerprint density at radius 2 is 2.00 bits per heavy atom. The molecule has 0 heterocycles. The molecule has 1 fully saturated rings. The van der Waals surface area contributed by atoms with Crippen LogP contribution in [0.4, 0.5) is 0 Å². The predicted octanol–water partition coefficient (Wildman–Crippen LogP) is 4.01. The lowest BCUT2D eigenvalue weighted by atomic mass is 9.68. The van der Waals surface area contributed by atoms with Crippen LogP contribution >= 0.6 is 34.8 Å². The molecule has 1 aromatic carbocycles. The van der Waals surface area contributed by atoms with Crippen molar-refractivity contribution in [2.24, 2.45) is 11.8 Å². The van der Waals surface area contributed by atoms with Gasteiger partial charge in [0, 0.05) is 17.4 Å². The molecule has 0 bridgehead atoms. The predicted molar refractivity (Wildman–Crippen MR) is 93.0 cm³/mol. The quantitative estimate of drug-likeness (QED) is 0.622. The van der Waals surface area contributed by atoms with Gasteiger partial charge in [0.25, 0.3) is 0 Å². The van der Waals surface area contributed by atoms with E-state index < -0.39 is 29.2 Å². The van der Waals surface area contributed by atoms with Crippen LogP contribution in [0.1, 0.15) is 25.3 Å². The summed E-state index contributed by atoms with van der Waals surface area (Å²) in [6.45, 7) is 1.82. The summed E-state index contributed by atoms with van der Waals surface area (Å²) >= 11 is 17.3. The maximum absolute atomic E-state index is 12.6. The number of halogens is 3. The van der Waals surface area contributed by atoms with Crippen molar-refractivity contribution in [1.29, 1.82) is 0 Å². The van der Waals surface area contributed by atoms with Gasteiger partial charge in [-0.2, -0.15) is 0 Å². The molecule has 1 N–H and O–H groups in total. The van der Waals surface area contributed by atoms with Gasteiger partial charge in [0.15, 0.2) is 5.78 Å². The molecule has 0 radical (unpaired) electrons. The monoisotopic (exact) mass is 390 g/mol. The molecule has 0 aliphatic heterocycles. The van der Waals surface area contributed by atoms with Gasteiger partial charge in [-0.1, -0.05) is 46.9 Å². The number of ether oxygens (including phenoxy) is 1. The largest absolute Gasteiger partial charge is 0.465 e. The van der Waals surface area contributed by atoms with Crippen molar-refractivity contribution in [2.75, 3.05) is 6.61 Å². The van der Waals surface area contributed by atoms with Crippen molar-refractivity contribution in [3.63, 3.8) is 0 Å². The topological polar surface area (TPSA) is 63.6 Å². The third kappa shape index (κ3) is 4.31. The van der Waals surface area contributed by atoms with E-state index >= 15 is 0 Å². The van der Waals surface area contributed by atoms with Crippen molar-refractivity contribution in [1.82, 2.24) is 0 Å². The van der Waals surface area contributed by atoms with Gasteiger partial charge in [0.1, 0.15) is 10.4 Å². The van der Waals surface area contributed by atoms with Crippen molar-refractivity contribution >= 4 is 46.6 Å². The minimum absolute atomic E-state index is 0.0672. The number of carbonyl (C=O) groups is 2. The van der Waals surface area contributed by atoms with E-state index in [1.165, 1.54) is 6.08 Å². The van der Waals surface area contributed by atoms with Gasteiger partial charge in [-0.3, -0.25) is 9.59 Å². The Hall–Kier alpha value is -1.07. The highest BCUT2D eigenvalue weighted by molar-refractivity contribution is 6.55. The Bertz CT molecular complexity index is 652. The van der Waals surface area contributed by atoms with E-state index in [0.29, 0.717) is 10.6 Å². The van der Waals surface area contributed by atoms with E-state index in [2.05, 4.69) is 0 Å². The molecule has 3 atom stereocenters. The zero-order valence-corrected chi connectivity index (χ0v) is 15.2. The second-order valence-corrected chi connectivity index (χ2v) is 7.18. The van der Waals surface area contributed by atoms with Crippen LogP contribution in [0.3, 0.4) is 0 Å². The van der Waals surface area contributed by atoms with Crippen LogP contribution in [0, 0.1) is 11.8 Å². The minimum atomic E-state index is -1.42. The summed E-state index contributed by atoms with van der Waals surface area (Å²) in [6.07, 6.45) is 1.33. The molecule has 3 unspecified atom stereocenters. The lowest BCUT2D eigenvalue weighted by Gasteiger charge is -2.38. The fourth-order valence-corrected chi connectivity index (χ4v) is 3.50. The molecule has 7 heteroatoms. The fraction of sp³-hybridized carbons (Fsp3) is 0.412. The van der Waals surface area contributed by atoms with E-state index in [9.17, 15) is 14.7 Å². The number of esters is 1. The average Bonchev–Trinajstić information content (AvgIpc) is 2.46. The van der Waals surface area contributed by atoms with Crippen LogP contribution in [-0.2, 0) is 19.9 Å². The van der Waals surface area contributed by atoms with Gasteiger partial charge in [-0.05, 0) is 37.1 Å². The van der Waals surface area contributed by atoms with E-state index in [-0.39, 0.29) is 23.9 Å². The second-order valence-electron chi connectivity index (χ2n) is 5.74. The first-order valence-corrected chi connectivity index (χ1v) is 8.61. The molecule has 1 aromatic rings. The maximum atomic E-state index is 12.6. The number of Topliss-reactive ketones (excluding diaryl/α,β-unsaturated/α-hetero) is 1. The highest BCUT2D eigenvalue weighted by atomic mass is 35.5. The van der Waals surface area contributed by atoms with Gasteiger partial charge >= 0.3 is 5.97 Å². The Morgan fingerprint density at radius 3 is 2.54 bits per heavy atom. The Labute approximate surface area is 155 Å². The summed E-state index contributed by atoms with van der Waals surface area (Å²) in [7, 11) is 0. The summed E-state index contributed by atoms with van der Waals surface area (Å²) in [5, 5.41) is 11.5. The summed E-state index contributed by atoms with van der Waals surface area (Å²) < 4.78 is 4.91. The van der Waals surface area contributed by atoms with Crippen LogP contribution in [0.2, 0.25) is 5.02 Å². The molecule has 2 rings (SSSR count). The number of aliphatic hydroxyl groups is 1. The van der Waals surface area contributed by atoms with Crippen molar-refractivity contribution in [2.45, 2.75) is 25.4 Å². The number of allylic oxidation sites excluding steroid dienone is 1. The van der Waals surface area contributed by atoms with Crippen molar-refractivity contribution in [3.8, 4) is 0 Å². The van der Waals surface area contributed by atoms with Gasteiger partial charge < -0.3 is 9.84 Å². The molecule has 0 spiro atoms. The molecule has 24 heavy (non-hydrogen) atoms. The summed E-state index contributed by atoms with van der Waals surface area (Å²) in [6, 6.07) is 6.58. The average molecular weight is 392 g/mol. The molecule has 0 saturated heterocycles. The first-order valence-electron chi connectivity index (χ1n) is 7.47. The number of benzene rings is 1. The Kier molecular flexibility index (Phi) is 6.32. The van der Waals surface area contributed by atoms with E-state index in [4.69, 9.17) is 39.5 Å². The zero-order chi connectivity index (χ0) is 17.9. The Balaban J connectivity index is 2.37. The maximum Gasteiger partial charge on any atom is 0.317 e. The van der Waals surface area contributed by atoms with Crippen LogP contribution in [0.15, 0.2) is 34.8 Å². The molecular formula is C17H17Cl3O4. The van der Waals surface area contributed by atoms with Crippen LogP contribution in [0.5, 0.6) is 0 Å². The van der Waals surface area contributed by atoms with E-state index in [1.807, 2.05) is 0 Å². The summed E-state index contributed by atoms with van der Waals surface area (Å²) in [4.78, 5) is 24.7. The fourth-order valence-electron chi connectivity index (χ4n) is 3.05. The smallest absolute Gasteiger partial charge is 0.317 e. The third-order valence-electron chi connectivity index (χ3n) is 4.08. The van der Waals surface area contributed by atoms with E-state index in [1.54, 1.807) is 31.2 Å². The van der Waals surface area contributed by atoms with Crippen molar-refractivity contribution < 1.29 is 19.4 Å². The number of carbonyl (C=O) groups excluding carboxylic acids is 2. The van der Waals surface area contributed by atoms with Gasteiger partial charge in [-0.25, -0.2) is 0 Å². The first kappa shape index (κ1) is 19.3. The third-order valence-corrected chi connectivity index (χ3v) is 4.58. The normalized spacial score (nSPS) is 26.8. The number of hydrogen-bond acceptors (Lipinski definition) is 4. The number of hydrogen-bond donors (Lipinski definition) is 1. The van der Waals surface area contributed by atoms with Crippen LogP contribution in [0.25, 0.3) is 0 Å². The molecular weight excluding hydrogens is 375 g/mol. The lowest BCUT2D eigenvalue weighted by Crippen LogP contribution is -2.45. The van der Waals surface area contributed by atoms with Crippen molar-refractivity contribution in [3.05, 3.63) is 45.4 Å². The molecule has 4 nitrogen and oxygen atoms in total. The van der Waals surface area contributed by atoms with Gasteiger partial charge in [0.2, 0.25) is 0 Å². The molecule has 1 aliphatic carbocycles. The first-order chi connectivity index (χ1) is 11.3. The standard InChI is InChI=1S/C17H17Cl3O4/c1-2-24-16(22)15-10(7-14(19)20)8-17(23,9-13(15)21)11-3-5-12(18)6-4-11/h3-7,10,15,23H,2,8-9H2,1H3. The van der Waals surface area contributed by atoms with Gasteiger partial charge in [0.05, 0.1) is 12.2 Å². The molecule has 1 saturated carbocycles. The number of ketones is 1. The Morgan fingerprint density at radius 1 is 1.38 bits per heavy atom. The highest BCUT2D eigenvalue weighted by Crippen LogP contribution is 2.43. The summed E-state index contributed by atoms with van der Waals surface area (Å²) in [5.74, 6) is -2.72. The zero-order valence-electron chi connectivity index (χ0n) is 13.0. The second kappa shape index (κ2) is 7.87. The SMILES string of the molecule is CCOC(=O)C1C(=O)CC(O)(c2ccc(Cl)cc2)CC1C=C(Cl)Cl. The molecule has 130 valence electrons. The van der Waals surface area contributed by atoms with E-state index in [0.717, 1.165) is 0 Å². The molecule has 0 amide bonds. The lowest BCUT2D eigenvalue weighted by molar-refractivity contribution is -0.159. The minimum Gasteiger partial charge on any atom is -0.465 e. The van der Waals surface area contributed by atoms with Crippen LogP contribution in [-0.4, -0.2) is 23.5 Å². The van der Waals surface area contributed by atoms with Crippen LogP contribution < -0.4 is 0 Å². The highest BCUT2D eigenvalue weighted by Gasteiger charge is 2.48. The molecule has 0 aromatic heterocycles. The summed E-state index contributed by atoms with van der Waals surface area (Å²) in [5.41, 5.74) is -0.874. The molecule has 1 aliphatic rings.